The van der Waals surface area contributed by atoms with E-state index in [4.69, 9.17) is 4.98 Å². The second kappa shape index (κ2) is 9.27. The van der Waals surface area contributed by atoms with E-state index < -0.39 is 5.54 Å². The van der Waals surface area contributed by atoms with Crippen LogP contribution >= 0.6 is 0 Å². The van der Waals surface area contributed by atoms with Gasteiger partial charge in [0.15, 0.2) is 5.54 Å². The SMILES string of the molecule is CC(C)(C)c1ccc(N(C(=O)C2CCCN2)C23CCCc4ccnc(c42)[N+](C)(C2CCCCC2)C3=O)cc1. The first-order valence-corrected chi connectivity index (χ1v) is 14.8. The molecule has 3 unspecified atom stereocenters. The Balaban J connectivity index is 1.57. The van der Waals surface area contributed by atoms with E-state index in [0.717, 1.165) is 75.0 Å². The van der Waals surface area contributed by atoms with Gasteiger partial charge in [-0.25, -0.2) is 14.3 Å². The third kappa shape index (κ3) is 3.70. The van der Waals surface area contributed by atoms with Crippen molar-refractivity contribution in [3.63, 3.8) is 0 Å². The summed E-state index contributed by atoms with van der Waals surface area (Å²) in [6, 6.07) is 10.5. The fraction of sp³-hybridized carbons (Fsp3) is 0.594. The number of pyridine rings is 1. The predicted molar refractivity (Wildman–Crippen MR) is 152 cm³/mol. The molecule has 202 valence electrons. The van der Waals surface area contributed by atoms with Crippen LogP contribution in [0.1, 0.15) is 95.2 Å². The standard InChI is InChI=1S/C32H43N4O2/c1-31(2,3)23-14-16-24(17-15-23)35(29(37)26-13-9-20-33-26)32-19-8-10-22-18-21-34-28(27(22)32)36(4,30(32)38)25-11-6-5-7-12-25/h14-18,21,25-26,33H,5-13,19-20H2,1-4H3/q+1. The van der Waals surface area contributed by atoms with Crippen molar-refractivity contribution in [1.82, 2.24) is 14.8 Å². The molecule has 1 aromatic carbocycles. The van der Waals surface area contributed by atoms with Crippen molar-refractivity contribution in [3.05, 3.63) is 53.2 Å². The molecule has 0 bridgehead atoms. The van der Waals surface area contributed by atoms with Crippen LogP contribution in [0.15, 0.2) is 36.5 Å². The van der Waals surface area contributed by atoms with Crippen LogP contribution in [-0.2, 0) is 27.0 Å². The van der Waals surface area contributed by atoms with Crippen LogP contribution in [0, 0.1) is 0 Å². The molecule has 3 heterocycles. The normalized spacial score (nSPS) is 29.4. The van der Waals surface area contributed by atoms with E-state index in [9.17, 15) is 4.79 Å². The number of quaternary nitrogens is 1. The molecule has 1 saturated carbocycles. The molecule has 6 rings (SSSR count). The first-order valence-electron chi connectivity index (χ1n) is 14.8. The minimum atomic E-state index is -1.02. The number of aryl methyl sites for hydroxylation is 1. The maximum atomic E-state index is 15.2. The number of carbonyl (C=O) groups excluding carboxylic acids is 2. The van der Waals surface area contributed by atoms with Crippen molar-refractivity contribution >= 4 is 23.3 Å². The lowest BCUT2D eigenvalue weighted by Crippen LogP contribution is -2.66. The lowest BCUT2D eigenvalue weighted by molar-refractivity contribution is -0.139. The molecular formula is C32H43N4O2+. The van der Waals surface area contributed by atoms with E-state index >= 15 is 4.79 Å². The van der Waals surface area contributed by atoms with Gasteiger partial charge in [0, 0.05) is 24.7 Å². The molecule has 6 nitrogen and oxygen atoms in total. The fourth-order valence-electron chi connectivity index (χ4n) is 7.81. The summed E-state index contributed by atoms with van der Waals surface area (Å²) in [5.41, 5.74) is 3.24. The largest absolute Gasteiger partial charge is 0.351 e. The molecular weight excluding hydrogens is 472 g/mol. The van der Waals surface area contributed by atoms with Crippen molar-refractivity contribution in [2.24, 2.45) is 0 Å². The van der Waals surface area contributed by atoms with Crippen LogP contribution in [0.25, 0.3) is 0 Å². The van der Waals surface area contributed by atoms with E-state index in [1.165, 1.54) is 17.5 Å². The Morgan fingerprint density at radius 3 is 2.42 bits per heavy atom. The van der Waals surface area contributed by atoms with Crippen molar-refractivity contribution < 1.29 is 9.59 Å². The van der Waals surface area contributed by atoms with E-state index in [-0.39, 0.29) is 33.8 Å². The van der Waals surface area contributed by atoms with Crippen molar-refractivity contribution in [1.29, 1.82) is 0 Å². The number of likely N-dealkylation sites (N-methyl/N-ethyl adjacent to an activating group) is 1. The van der Waals surface area contributed by atoms with Crippen LogP contribution in [0.3, 0.4) is 0 Å². The maximum Gasteiger partial charge on any atom is 0.351 e. The Labute approximate surface area is 227 Å². The number of nitrogens with zero attached hydrogens (tertiary/aromatic N) is 3. The molecule has 38 heavy (non-hydrogen) atoms. The fourth-order valence-corrected chi connectivity index (χ4v) is 7.81. The van der Waals surface area contributed by atoms with Gasteiger partial charge in [0.05, 0.1) is 18.7 Å². The van der Waals surface area contributed by atoms with Gasteiger partial charge in [-0.1, -0.05) is 39.3 Å². The van der Waals surface area contributed by atoms with E-state index in [1.807, 2.05) is 11.1 Å². The van der Waals surface area contributed by atoms with Gasteiger partial charge >= 0.3 is 5.91 Å². The molecule has 0 radical (unpaired) electrons. The highest BCUT2D eigenvalue weighted by Crippen LogP contribution is 2.56. The highest BCUT2D eigenvalue weighted by Gasteiger charge is 2.69. The Bertz CT molecular complexity index is 1240. The summed E-state index contributed by atoms with van der Waals surface area (Å²) in [6.45, 7) is 7.45. The minimum absolute atomic E-state index is 0.00676. The first-order chi connectivity index (χ1) is 18.2. The molecule has 1 N–H and O–H groups in total. The molecule has 2 aromatic rings. The third-order valence-electron chi connectivity index (χ3n) is 9.89. The number of nitrogens with one attached hydrogen (secondary N) is 1. The van der Waals surface area contributed by atoms with Gasteiger partial charge in [-0.2, -0.15) is 0 Å². The molecule has 6 heteroatoms. The van der Waals surface area contributed by atoms with Crippen LogP contribution in [0.5, 0.6) is 0 Å². The highest BCUT2D eigenvalue weighted by atomic mass is 16.2. The first kappa shape index (κ1) is 25.7. The van der Waals surface area contributed by atoms with Crippen LogP contribution in [0.2, 0.25) is 0 Å². The number of anilines is 1. The van der Waals surface area contributed by atoms with Crippen molar-refractivity contribution in [3.8, 4) is 0 Å². The number of rotatable bonds is 4. The summed E-state index contributed by atoms with van der Waals surface area (Å²) in [5, 5.41) is 3.44. The van der Waals surface area contributed by atoms with Gasteiger partial charge < -0.3 is 5.32 Å². The summed E-state index contributed by atoms with van der Waals surface area (Å²) in [6.07, 6.45) is 11.7. The van der Waals surface area contributed by atoms with Gasteiger partial charge in [0.2, 0.25) is 11.7 Å². The molecule has 1 aromatic heterocycles. The summed E-state index contributed by atoms with van der Waals surface area (Å²) < 4.78 is 0.227. The van der Waals surface area contributed by atoms with Gasteiger partial charge in [0.1, 0.15) is 6.04 Å². The summed E-state index contributed by atoms with van der Waals surface area (Å²) in [5.74, 6) is 1.06. The smallest absolute Gasteiger partial charge is 0.306 e. The van der Waals surface area contributed by atoms with Gasteiger partial charge in [-0.05, 0) is 86.2 Å². The van der Waals surface area contributed by atoms with Gasteiger partial charge in [0.25, 0.3) is 0 Å². The number of hydrogen-bond donors (Lipinski definition) is 1. The molecule has 2 amide bonds. The summed E-state index contributed by atoms with van der Waals surface area (Å²) in [7, 11) is 2.10. The zero-order valence-corrected chi connectivity index (χ0v) is 23.6. The molecule has 4 aliphatic rings. The van der Waals surface area contributed by atoms with E-state index in [0.29, 0.717) is 6.42 Å². The Morgan fingerprint density at radius 1 is 1.03 bits per heavy atom. The molecule has 3 atom stereocenters. The highest BCUT2D eigenvalue weighted by molar-refractivity contribution is 6.13. The monoisotopic (exact) mass is 515 g/mol. The maximum absolute atomic E-state index is 15.2. The number of aromatic nitrogens is 1. The van der Waals surface area contributed by atoms with E-state index in [1.54, 1.807) is 0 Å². The topological polar surface area (TPSA) is 62.3 Å². The summed E-state index contributed by atoms with van der Waals surface area (Å²) in [4.78, 5) is 36.6. The van der Waals surface area contributed by atoms with Crippen LogP contribution < -0.4 is 14.7 Å². The molecule has 2 aliphatic heterocycles. The van der Waals surface area contributed by atoms with Crippen molar-refractivity contribution in [2.75, 3.05) is 18.5 Å². The van der Waals surface area contributed by atoms with Gasteiger partial charge in [-0.15, -0.1) is 0 Å². The number of hydrogen-bond acceptors (Lipinski definition) is 4. The molecule has 2 aliphatic carbocycles. The zero-order valence-electron chi connectivity index (χ0n) is 23.6. The lowest BCUT2D eigenvalue weighted by Gasteiger charge is -2.44. The van der Waals surface area contributed by atoms with Crippen LogP contribution in [-0.4, -0.2) is 42.5 Å². The second-order valence-corrected chi connectivity index (χ2v) is 13.2. The van der Waals surface area contributed by atoms with Gasteiger partial charge in [-0.3, -0.25) is 9.69 Å². The Kier molecular flexibility index (Phi) is 6.27. The zero-order chi connectivity index (χ0) is 26.7. The third-order valence-corrected chi connectivity index (χ3v) is 9.89. The van der Waals surface area contributed by atoms with Crippen molar-refractivity contribution in [2.45, 2.75) is 108 Å². The van der Waals surface area contributed by atoms with E-state index in [2.05, 4.69) is 63.5 Å². The molecule has 2 fully saturated rings. The molecule has 1 saturated heterocycles. The minimum Gasteiger partial charge on any atom is -0.306 e. The summed E-state index contributed by atoms with van der Waals surface area (Å²) >= 11 is 0. The Morgan fingerprint density at radius 2 is 1.76 bits per heavy atom. The predicted octanol–water partition coefficient (Wildman–Crippen LogP) is 5.51. The average Bonchev–Trinajstić information content (AvgIpc) is 3.53. The number of amides is 2. The number of benzene rings is 1. The molecule has 0 spiro atoms. The second-order valence-electron chi connectivity index (χ2n) is 13.2. The van der Waals surface area contributed by atoms with Crippen LogP contribution in [0.4, 0.5) is 11.5 Å². The Hall–Kier alpha value is -2.57. The lowest BCUT2D eigenvalue weighted by atomic mass is 9.76. The average molecular weight is 516 g/mol. The quantitative estimate of drug-likeness (QED) is 0.546. The number of carbonyl (C=O) groups is 2.